The van der Waals surface area contributed by atoms with Crippen molar-refractivity contribution in [2.75, 3.05) is 52.3 Å². The summed E-state index contributed by atoms with van der Waals surface area (Å²) in [6, 6.07) is 36.1. The second-order valence-corrected chi connectivity index (χ2v) is 27.2. The van der Waals surface area contributed by atoms with Gasteiger partial charge in [-0.15, -0.1) is 20.0 Å². The molecule has 8 aromatic carbocycles. The molecule has 0 spiro atoms. The fourth-order valence-corrected chi connectivity index (χ4v) is 15.4. The van der Waals surface area contributed by atoms with Gasteiger partial charge in [0.25, 0.3) is 0 Å². The van der Waals surface area contributed by atoms with Crippen LogP contribution in [0.5, 0.6) is 0 Å². The Morgan fingerprint density at radius 1 is 0.205 bits per heavy atom. The number of halogens is 4. The Kier molecular flexibility index (Phi) is 56.1. The van der Waals surface area contributed by atoms with Crippen molar-refractivity contribution in [3.63, 3.8) is 0 Å². The predicted molar refractivity (Wildman–Crippen MR) is 481 cm³/mol. The van der Waals surface area contributed by atoms with Crippen LogP contribution in [-0.2, 0) is 88.4 Å². The Balaban J connectivity index is -0.000000646. The second-order valence-electron chi connectivity index (χ2n) is 27.2. The van der Waals surface area contributed by atoms with Crippen LogP contribution in [0.3, 0.4) is 0 Å². The molecule has 20 heteroatoms. The number of carbonyl (C=O) groups excluding carboxylic acids is 4. The van der Waals surface area contributed by atoms with Crippen molar-refractivity contribution >= 4 is 111 Å². The van der Waals surface area contributed by atoms with Crippen molar-refractivity contribution in [1.82, 2.24) is 0 Å². The molecule has 0 amide bonds. The Morgan fingerprint density at radius 3 is 0.411 bits per heavy atom. The molecular weight excluding hydrogens is 1830 g/mol. The minimum atomic E-state index is 0. The summed E-state index contributed by atoms with van der Waals surface area (Å²) in [4.78, 5) is 49.2. The van der Waals surface area contributed by atoms with Crippen LogP contribution in [0.25, 0.3) is 0 Å². The molecule has 0 bridgehead atoms. The van der Waals surface area contributed by atoms with E-state index in [4.69, 9.17) is 19.2 Å². The maximum atomic E-state index is 7.75. The zero-order valence-electron chi connectivity index (χ0n) is 71.0. The van der Waals surface area contributed by atoms with Crippen LogP contribution in [0, 0.1) is 223 Å². The molecule has 0 unspecified atom stereocenters. The van der Waals surface area contributed by atoms with Gasteiger partial charge in [0.1, 0.15) is 0 Å². The van der Waals surface area contributed by atoms with E-state index in [1.807, 2.05) is 0 Å². The Labute approximate surface area is 735 Å². The molecule has 4 heterocycles. The molecule has 8 aromatic rings. The second kappa shape index (κ2) is 56.1. The molecular formula is C92H122Cl4N8O4Ru4-12. The first kappa shape index (κ1) is 112. The van der Waals surface area contributed by atoms with Crippen molar-refractivity contribution in [2.24, 2.45) is 0 Å². The number of anilines is 8. The van der Waals surface area contributed by atoms with Crippen molar-refractivity contribution in [3.05, 3.63) is 324 Å². The summed E-state index contributed by atoms with van der Waals surface area (Å²) < 4.78 is 0. The first-order chi connectivity index (χ1) is 51.5. The zero-order chi connectivity index (χ0) is 82.9. The quantitative estimate of drug-likeness (QED) is 0.0824. The molecule has 12 nitrogen and oxygen atoms in total. The Hall–Kier alpha value is -6.29. The van der Waals surface area contributed by atoms with E-state index in [2.05, 4.69) is 432 Å². The fourth-order valence-electron chi connectivity index (χ4n) is 15.4. The van der Waals surface area contributed by atoms with Gasteiger partial charge in [0.05, 0.1) is 0 Å². The van der Waals surface area contributed by atoms with Crippen LogP contribution in [-0.4, -0.2) is 40.2 Å². The third kappa shape index (κ3) is 30.4. The Bertz CT molecular complexity index is 3550. The van der Waals surface area contributed by atoms with Crippen LogP contribution in [0.1, 0.15) is 134 Å². The molecule has 4 aliphatic heterocycles. The Morgan fingerprint density at radius 2 is 0.304 bits per heavy atom. The van der Waals surface area contributed by atoms with Gasteiger partial charge in [0.2, 0.25) is 0 Å². The molecule has 626 valence electrons. The van der Waals surface area contributed by atoms with Crippen LogP contribution in [0.2, 0.25) is 0 Å². The van der Waals surface area contributed by atoms with Crippen LogP contribution >= 0.6 is 38.8 Å². The normalized spacial score (nSPS) is 12.0. The number of hydrogen-bond donors (Lipinski definition) is 0. The third-order valence-corrected chi connectivity index (χ3v) is 18.0. The van der Waals surface area contributed by atoms with Crippen LogP contribution in [0.15, 0.2) is 134 Å². The van der Waals surface area contributed by atoms with Crippen LogP contribution in [0.4, 0.5) is 45.5 Å². The minimum absolute atomic E-state index is 0. The average molecular weight is 1950 g/mol. The van der Waals surface area contributed by atoms with Gasteiger partial charge < -0.3 is 88.1 Å². The van der Waals surface area contributed by atoms with Crippen molar-refractivity contribution in [2.45, 2.75) is 166 Å². The molecule has 0 radical (unpaired) electrons. The van der Waals surface area contributed by atoms with E-state index in [1.54, 1.807) is 69.2 Å². The zero-order valence-corrected chi connectivity index (χ0v) is 81.4. The summed E-state index contributed by atoms with van der Waals surface area (Å²) in [5.74, 6) is 0. The number of rotatable bonds is 8. The molecule has 1 saturated heterocycles. The molecule has 0 N–H and O–H groups in total. The van der Waals surface area contributed by atoms with E-state index in [9.17, 15) is 0 Å². The SMILES string of the molecule is Cc1cc(C)c(N2C=CN(c3c(C)cc(C)cc3C)[CH-]2)c(C)c1.Cc1cc(C)c(N2C=CN(c3c(C)cc(C)cc3C)[CH-]2)c(C)c1.Cc1cc(C)c(N2C=CN(c3c(C)cc(C)cc3C)[CH-]2)c(C)c1.Cc1cc(C)c(N2[CH-]N(c3c(C)cc(C)cc3C)CC2)c(C)c1.[CH-]=O.[CH-]=O.[CH-]=O.[CH-]=O.[CH3-].[CH3-].[CH3-].[CH3-].[Cl][RuH].[Cl][RuH].[Cl][RuH].[Cl][RuH]. The van der Waals surface area contributed by atoms with E-state index in [0.717, 1.165) is 13.1 Å². The molecule has 0 aromatic heterocycles. The fraction of sp³-hybridized carbons (Fsp3) is 0.283. The van der Waals surface area contributed by atoms with Gasteiger partial charge in [0, 0.05) is 58.6 Å². The van der Waals surface area contributed by atoms with Crippen molar-refractivity contribution in [3.8, 4) is 0 Å². The number of aryl methyl sites for hydroxylation is 24. The van der Waals surface area contributed by atoms with Gasteiger partial charge in [0.15, 0.2) is 0 Å². The van der Waals surface area contributed by atoms with E-state index in [0.29, 0.717) is 0 Å². The molecule has 1 fully saturated rings. The molecule has 0 aliphatic carbocycles. The van der Waals surface area contributed by atoms with Gasteiger partial charge in [-0.3, -0.25) is 27.2 Å². The summed E-state index contributed by atoms with van der Waals surface area (Å²) in [5, 5.41) is 0. The maximum absolute atomic E-state index is 7.75. The molecule has 4 aliphatic rings. The third-order valence-electron chi connectivity index (χ3n) is 18.0. The van der Waals surface area contributed by atoms with E-state index in [1.165, 1.54) is 179 Å². The topological polar surface area (TPSA) is 94.2 Å². The standard InChI is InChI=1S/C21H27N2.3C21H25N2.4CHO.4CH3.4ClH.4Ru.4H/c4*1-14-9-16(3)20(17(4)10-14)22-7-8-23(13-22)21-18(5)11-15(2)12-19(21)6;4*1-2;;;;;;;;;;;;;;;;/h9-13H,7-8H2,1-6H3;3*7-13H,1-6H3;4*1H;4*1H3;4*1H;;;;;;;;/q12*-1;;;;;4*+1;;;;/p-4. The summed E-state index contributed by atoms with van der Waals surface area (Å²) in [5.41, 5.74) is 42.1. The van der Waals surface area contributed by atoms with Gasteiger partial charge in [-0.05, 0) is 292 Å². The summed E-state index contributed by atoms with van der Waals surface area (Å²) >= 11 is 6.49. The summed E-state index contributed by atoms with van der Waals surface area (Å²) in [7, 11) is 18.4. The summed E-state index contributed by atoms with van der Waals surface area (Å²) in [6.07, 6.45) is 12.9. The number of nitrogens with zero attached hydrogens (tertiary/aromatic N) is 8. The first-order valence-electron chi connectivity index (χ1n) is 34.3. The van der Waals surface area contributed by atoms with Crippen LogP contribution < -0.4 is 39.2 Å². The first-order valence-corrected chi connectivity index (χ1v) is 43.9. The van der Waals surface area contributed by atoms with Gasteiger partial charge in [-0.2, -0.15) is 6.67 Å². The molecule has 12 rings (SSSR count). The average Bonchev–Trinajstić information content (AvgIpc) is 1.66. The van der Waals surface area contributed by atoms with Crippen molar-refractivity contribution < 1.29 is 88.4 Å². The van der Waals surface area contributed by atoms with Gasteiger partial charge in [-0.25, -0.2) is 0 Å². The predicted octanol–water partition coefficient (Wildman–Crippen LogP) is 23.7. The van der Waals surface area contributed by atoms with E-state index in [-0.39, 0.29) is 29.7 Å². The van der Waals surface area contributed by atoms with E-state index < -0.39 is 0 Å². The molecule has 112 heavy (non-hydrogen) atoms. The van der Waals surface area contributed by atoms with E-state index >= 15 is 0 Å². The van der Waals surface area contributed by atoms with Gasteiger partial charge >= 0.3 is 108 Å². The summed E-state index contributed by atoms with van der Waals surface area (Å²) in [6.45, 7) is 76.2. The molecule has 0 atom stereocenters. The van der Waals surface area contributed by atoms with Gasteiger partial charge in [-0.1, -0.05) is 142 Å². The number of benzene rings is 8. The monoisotopic (exact) mass is 1950 g/mol. The molecule has 0 saturated carbocycles. The van der Waals surface area contributed by atoms with Crippen molar-refractivity contribution in [1.29, 1.82) is 0 Å². The number of hydrogen-bond acceptors (Lipinski definition) is 12.